The van der Waals surface area contributed by atoms with Gasteiger partial charge in [-0.1, -0.05) is 23.7 Å². The summed E-state index contributed by atoms with van der Waals surface area (Å²) in [5.74, 6) is -0.223. The molecule has 0 aromatic heterocycles. The van der Waals surface area contributed by atoms with Gasteiger partial charge in [0.2, 0.25) is 11.8 Å². The summed E-state index contributed by atoms with van der Waals surface area (Å²) in [6.45, 7) is 2.38. The number of rotatable bonds is 3. The van der Waals surface area contributed by atoms with Crippen LogP contribution in [-0.4, -0.2) is 30.9 Å². The van der Waals surface area contributed by atoms with Crippen molar-refractivity contribution in [1.29, 1.82) is 0 Å². The molecule has 0 spiro atoms. The number of hydrogen-bond acceptors (Lipinski definition) is 3. The van der Waals surface area contributed by atoms with E-state index in [0.717, 1.165) is 5.56 Å². The summed E-state index contributed by atoms with van der Waals surface area (Å²) in [4.78, 5) is 23.0. The molecule has 1 saturated heterocycles. The maximum atomic E-state index is 12.0. The molecular weight excluding hydrogens is 266 g/mol. The van der Waals surface area contributed by atoms with E-state index in [4.69, 9.17) is 11.6 Å². The van der Waals surface area contributed by atoms with Gasteiger partial charge in [-0.25, -0.2) is 0 Å². The monoisotopic (exact) mass is 281 g/mol. The molecule has 2 unspecified atom stereocenters. The fourth-order valence-electron chi connectivity index (χ4n) is 1.93. The predicted octanol–water partition coefficient (Wildman–Crippen LogP) is 0.605. The van der Waals surface area contributed by atoms with Crippen LogP contribution < -0.4 is 16.0 Å². The Hall–Kier alpha value is -1.59. The van der Waals surface area contributed by atoms with Crippen LogP contribution in [0.1, 0.15) is 18.5 Å². The van der Waals surface area contributed by atoms with Crippen molar-refractivity contribution in [2.24, 2.45) is 0 Å². The molecule has 0 bridgehead atoms. The van der Waals surface area contributed by atoms with Gasteiger partial charge in [0.05, 0.1) is 12.6 Å². The minimum atomic E-state index is -0.390. The lowest BCUT2D eigenvalue weighted by Crippen LogP contribution is -2.58. The molecule has 2 rings (SSSR count). The molecule has 0 aliphatic carbocycles. The quantitative estimate of drug-likeness (QED) is 0.760. The van der Waals surface area contributed by atoms with Gasteiger partial charge in [-0.05, 0) is 24.6 Å². The summed E-state index contributed by atoms with van der Waals surface area (Å²) >= 11 is 5.92. The maximum Gasteiger partial charge on any atom is 0.239 e. The number of carbonyl (C=O) groups is 2. The summed E-state index contributed by atoms with van der Waals surface area (Å²) in [5.41, 5.74) is 0.945. The lowest BCUT2D eigenvalue weighted by Gasteiger charge is -2.25. The summed E-state index contributed by atoms with van der Waals surface area (Å²) < 4.78 is 0. The van der Waals surface area contributed by atoms with Gasteiger partial charge in [0.1, 0.15) is 6.04 Å². The largest absolute Gasteiger partial charge is 0.353 e. The van der Waals surface area contributed by atoms with Crippen molar-refractivity contribution in [3.63, 3.8) is 0 Å². The number of halogens is 1. The molecule has 0 radical (unpaired) electrons. The average molecular weight is 282 g/mol. The third kappa shape index (κ3) is 3.68. The van der Waals surface area contributed by atoms with Crippen molar-refractivity contribution in [2.75, 3.05) is 13.1 Å². The molecule has 3 N–H and O–H groups in total. The Kier molecular flexibility index (Phi) is 4.39. The summed E-state index contributed by atoms with van der Waals surface area (Å²) in [7, 11) is 0. The normalized spacial score (nSPS) is 20.5. The highest BCUT2D eigenvalue weighted by Crippen LogP contribution is 2.17. The van der Waals surface area contributed by atoms with Crippen LogP contribution in [0.15, 0.2) is 24.3 Å². The Bertz CT molecular complexity index is 483. The second-order valence-corrected chi connectivity index (χ2v) is 4.96. The third-order valence-corrected chi connectivity index (χ3v) is 3.27. The summed E-state index contributed by atoms with van der Waals surface area (Å²) in [5, 5.41) is 9.08. The van der Waals surface area contributed by atoms with Crippen LogP contribution in [-0.2, 0) is 9.59 Å². The van der Waals surface area contributed by atoms with Crippen molar-refractivity contribution in [3.05, 3.63) is 34.9 Å². The van der Waals surface area contributed by atoms with Crippen LogP contribution in [0.3, 0.4) is 0 Å². The second kappa shape index (κ2) is 6.04. The number of hydrogen-bond donors (Lipinski definition) is 3. The zero-order chi connectivity index (χ0) is 13.8. The van der Waals surface area contributed by atoms with Crippen molar-refractivity contribution in [2.45, 2.75) is 19.0 Å². The van der Waals surface area contributed by atoms with Gasteiger partial charge >= 0.3 is 0 Å². The minimum absolute atomic E-state index is 0.0908. The molecule has 1 aromatic carbocycles. The lowest BCUT2D eigenvalue weighted by atomic mass is 10.1. The lowest BCUT2D eigenvalue weighted by molar-refractivity contribution is -0.127. The van der Waals surface area contributed by atoms with E-state index in [2.05, 4.69) is 16.0 Å². The van der Waals surface area contributed by atoms with Gasteiger partial charge < -0.3 is 10.6 Å². The van der Waals surface area contributed by atoms with Crippen molar-refractivity contribution in [1.82, 2.24) is 16.0 Å². The Labute approximate surface area is 116 Å². The minimum Gasteiger partial charge on any atom is -0.353 e. The molecule has 2 atom stereocenters. The topological polar surface area (TPSA) is 70.2 Å². The summed E-state index contributed by atoms with van der Waals surface area (Å²) in [6.07, 6.45) is 0. The van der Waals surface area contributed by atoms with Gasteiger partial charge in [-0.2, -0.15) is 0 Å². The molecule has 5 nitrogen and oxygen atoms in total. The van der Waals surface area contributed by atoms with Gasteiger partial charge in [0, 0.05) is 11.6 Å². The maximum absolute atomic E-state index is 12.0. The van der Waals surface area contributed by atoms with E-state index in [0.29, 0.717) is 11.6 Å². The number of carbonyl (C=O) groups excluding carboxylic acids is 2. The van der Waals surface area contributed by atoms with Gasteiger partial charge in [-0.3, -0.25) is 14.9 Å². The molecule has 0 saturated carbocycles. The second-order valence-electron chi connectivity index (χ2n) is 4.52. The predicted molar refractivity (Wildman–Crippen MR) is 72.8 cm³/mol. The van der Waals surface area contributed by atoms with E-state index in [1.807, 2.05) is 25.1 Å². The van der Waals surface area contributed by atoms with Crippen LogP contribution in [0, 0.1) is 0 Å². The van der Waals surface area contributed by atoms with Crippen LogP contribution in [0.4, 0.5) is 0 Å². The number of piperazine rings is 1. The van der Waals surface area contributed by atoms with Gasteiger partial charge in [0.25, 0.3) is 0 Å². The van der Waals surface area contributed by atoms with Crippen molar-refractivity contribution in [3.8, 4) is 0 Å². The van der Waals surface area contributed by atoms with Crippen LogP contribution in [0.5, 0.6) is 0 Å². The molecule has 1 aliphatic rings. The van der Waals surface area contributed by atoms with Crippen LogP contribution in [0.2, 0.25) is 5.02 Å². The number of benzene rings is 1. The molecular formula is C13H16ClN3O2. The first kappa shape index (κ1) is 13.8. The number of amides is 2. The first-order chi connectivity index (χ1) is 9.06. The fourth-order valence-corrected chi connectivity index (χ4v) is 2.12. The zero-order valence-corrected chi connectivity index (χ0v) is 11.3. The van der Waals surface area contributed by atoms with Gasteiger partial charge in [-0.15, -0.1) is 0 Å². The first-order valence-corrected chi connectivity index (χ1v) is 6.50. The summed E-state index contributed by atoms with van der Waals surface area (Å²) in [6, 6.07) is 6.84. The molecule has 1 aromatic rings. The highest BCUT2D eigenvalue weighted by Gasteiger charge is 2.24. The fraction of sp³-hybridized carbons (Fsp3) is 0.385. The Morgan fingerprint density at radius 3 is 2.95 bits per heavy atom. The van der Waals surface area contributed by atoms with Crippen LogP contribution >= 0.6 is 11.6 Å². The third-order valence-electron chi connectivity index (χ3n) is 3.04. The Morgan fingerprint density at radius 2 is 2.32 bits per heavy atom. The van der Waals surface area contributed by atoms with Crippen molar-refractivity contribution >= 4 is 23.4 Å². The van der Waals surface area contributed by atoms with E-state index < -0.39 is 0 Å². The number of nitrogens with one attached hydrogen (secondary N) is 3. The molecule has 6 heteroatoms. The standard InChI is InChI=1S/C13H16ClN3O2/c1-8(9-3-2-4-10(14)5-9)17-13(19)11-6-16-12(18)7-15-11/h2-5,8,11,15H,6-7H2,1H3,(H,16,18)(H,17,19). The molecule has 19 heavy (non-hydrogen) atoms. The van der Waals surface area contributed by atoms with E-state index in [-0.39, 0.29) is 30.4 Å². The van der Waals surface area contributed by atoms with E-state index in [9.17, 15) is 9.59 Å². The van der Waals surface area contributed by atoms with E-state index in [1.165, 1.54) is 0 Å². The molecule has 1 heterocycles. The highest BCUT2D eigenvalue weighted by atomic mass is 35.5. The zero-order valence-electron chi connectivity index (χ0n) is 10.6. The Balaban J connectivity index is 1.93. The van der Waals surface area contributed by atoms with Crippen molar-refractivity contribution < 1.29 is 9.59 Å². The van der Waals surface area contributed by atoms with Crippen LogP contribution in [0.25, 0.3) is 0 Å². The SMILES string of the molecule is CC(NC(=O)C1CNC(=O)CN1)c1cccc(Cl)c1. The van der Waals surface area contributed by atoms with E-state index >= 15 is 0 Å². The first-order valence-electron chi connectivity index (χ1n) is 6.12. The smallest absolute Gasteiger partial charge is 0.239 e. The van der Waals surface area contributed by atoms with Gasteiger partial charge in [0.15, 0.2) is 0 Å². The molecule has 2 amide bonds. The highest BCUT2D eigenvalue weighted by molar-refractivity contribution is 6.30. The van der Waals surface area contributed by atoms with E-state index in [1.54, 1.807) is 6.07 Å². The average Bonchev–Trinajstić information content (AvgIpc) is 2.39. The molecule has 1 fully saturated rings. The molecule has 1 aliphatic heterocycles. The Morgan fingerprint density at radius 1 is 1.53 bits per heavy atom. The molecule has 102 valence electrons.